The van der Waals surface area contributed by atoms with Gasteiger partial charge in [0.05, 0.1) is 10.5 Å². The first kappa shape index (κ1) is 27.7. The van der Waals surface area contributed by atoms with E-state index in [0.717, 1.165) is 13.1 Å². The van der Waals surface area contributed by atoms with Crippen molar-refractivity contribution in [3.8, 4) is 11.1 Å². The zero-order valence-electron chi connectivity index (χ0n) is 23.3. The van der Waals surface area contributed by atoms with Crippen LogP contribution in [0.25, 0.3) is 32.9 Å². The largest absolute Gasteiger partial charge is 0.349 e. The van der Waals surface area contributed by atoms with Gasteiger partial charge >= 0.3 is 0 Å². The topological polar surface area (TPSA) is 84.5 Å². The Balaban J connectivity index is 1.53. The molecule has 12 heteroatoms. The van der Waals surface area contributed by atoms with Gasteiger partial charge < -0.3 is 19.6 Å². The van der Waals surface area contributed by atoms with E-state index in [1.54, 1.807) is 23.1 Å². The van der Waals surface area contributed by atoms with Crippen molar-refractivity contribution < 1.29 is 9.18 Å². The molecule has 4 aromatic rings. The maximum atomic E-state index is 16.7. The molecule has 9 nitrogen and oxygen atoms in total. The summed E-state index contributed by atoms with van der Waals surface area (Å²) in [5, 5.41) is 8.72. The number of benzene rings is 2. The second kappa shape index (κ2) is 10.4. The van der Waals surface area contributed by atoms with Crippen LogP contribution in [-0.2, 0) is 4.79 Å². The highest BCUT2D eigenvalue weighted by Gasteiger charge is 2.36. The molecule has 2 saturated heterocycles. The molecular weight excluding hydrogens is 566 g/mol. The number of aromatic nitrogens is 4. The summed E-state index contributed by atoms with van der Waals surface area (Å²) in [7, 11) is 4.08. The first-order chi connectivity index (χ1) is 19.6. The number of carbonyl (C=O) groups excluding carboxylic acids is 1. The molecule has 2 aromatic heterocycles. The lowest BCUT2D eigenvalue weighted by atomic mass is 9.99. The number of anilines is 2. The van der Waals surface area contributed by atoms with Gasteiger partial charge in [0.1, 0.15) is 11.3 Å². The minimum absolute atomic E-state index is 0.0886. The highest BCUT2D eigenvalue weighted by Crippen LogP contribution is 2.42. The van der Waals surface area contributed by atoms with Crippen molar-refractivity contribution in [2.75, 3.05) is 50.1 Å². The van der Waals surface area contributed by atoms with Gasteiger partial charge in [-0.25, -0.2) is 9.37 Å². The number of hydrogen-bond donors (Lipinski definition) is 1. The first-order valence-electron chi connectivity index (χ1n) is 13.5. The summed E-state index contributed by atoms with van der Waals surface area (Å²) in [5.74, 6) is 0.407. The molecule has 2 aliphatic rings. The summed E-state index contributed by atoms with van der Waals surface area (Å²) >= 11 is 13.1. The predicted octanol–water partition coefficient (Wildman–Crippen LogP) is 4.98. The number of para-hydroxylation sites is 1. The van der Waals surface area contributed by atoms with E-state index in [0.29, 0.717) is 57.9 Å². The molecular formula is C29H31Cl2FN8O. The number of amides is 1. The number of carbonyl (C=O) groups is 1. The number of halogens is 3. The monoisotopic (exact) mass is 596 g/mol. The van der Waals surface area contributed by atoms with Crippen LogP contribution in [-0.4, -0.2) is 94.3 Å². The van der Waals surface area contributed by atoms with Crippen LogP contribution in [0.3, 0.4) is 0 Å². The van der Waals surface area contributed by atoms with Crippen LogP contribution in [0, 0.1) is 5.82 Å². The maximum absolute atomic E-state index is 16.7. The average molecular weight is 598 g/mol. The van der Waals surface area contributed by atoms with Crippen molar-refractivity contribution in [2.45, 2.75) is 32.0 Å². The average Bonchev–Trinajstić information content (AvgIpc) is 3.29. The van der Waals surface area contributed by atoms with Crippen LogP contribution >= 0.6 is 23.2 Å². The number of likely N-dealkylation sites (N-methyl/N-ethyl adjacent to an activating group) is 1. The van der Waals surface area contributed by atoms with Gasteiger partial charge in [0.15, 0.2) is 11.0 Å². The van der Waals surface area contributed by atoms with Gasteiger partial charge in [-0.15, -0.1) is 0 Å². The Labute approximate surface area is 247 Å². The molecule has 41 heavy (non-hydrogen) atoms. The van der Waals surface area contributed by atoms with Gasteiger partial charge in [0.25, 0.3) is 0 Å². The first-order valence-corrected chi connectivity index (χ1v) is 14.3. The van der Waals surface area contributed by atoms with Gasteiger partial charge in [0, 0.05) is 66.2 Å². The number of hydrogen-bond acceptors (Lipinski definition) is 7. The molecule has 2 fully saturated rings. The van der Waals surface area contributed by atoms with Crippen LogP contribution in [0.4, 0.5) is 16.2 Å². The smallest absolute Gasteiger partial charge is 0.246 e. The van der Waals surface area contributed by atoms with Crippen LogP contribution in [0.1, 0.15) is 13.8 Å². The van der Waals surface area contributed by atoms with E-state index in [2.05, 4.69) is 31.5 Å². The molecule has 0 radical (unpaired) electrons. The fraction of sp³-hybridized carbons (Fsp3) is 0.379. The molecule has 214 valence electrons. The molecule has 4 heterocycles. The van der Waals surface area contributed by atoms with E-state index in [1.165, 1.54) is 6.08 Å². The molecule has 2 aromatic carbocycles. The summed E-state index contributed by atoms with van der Waals surface area (Å²) in [6.07, 6.45) is 1.34. The molecule has 0 spiro atoms. The van der Waals surface area contributed by atoms with E-state index in [9.17, 15) is 4.79 Å². The quantitative estimate of drug-likeness (QED) is 0.325. The Hall–Kier alpha value is -3.47. The minimum Gasteiger partial charge on any atom is -0.349 e. The fourth-order valence-electron chi connectivity index (χ4n) is 5.79. The lowest BCUT2D eigenvalue weighted by Crippen LogP contribution is -2.59. The van der Waals surface area contributed by atoms with Crippen LogP contribution in [0.5, 0.6) is 0 Å². The molecule has 0 saturated carbocycles. The molecule has 2 atom stereocenters. The zero-order chi connectivity index (χ0) is 29.2. The molecule has 2 aliphatic heterocycles. The van der Waals surface area contributed by atoms with Gasteiger partial charge in [0.2, 0.25) is 11.9 Å². The van der Waals surface area contributed by atoms with Crippen molar-refractivity contribution in [2.24, 2.45) is 0 Å². The summed E-state index contributed by atoms with van der Waals surface area (Å²) in [6, 6.07) is 7.31. The Morgan fingerprint density at radius 3 is 2.59 bits per heavy atom. The highest BCUT2D eigenvalue weighted by molar-refractivity contribution is 6.36. The Morgan fingerprint density at radius 1 is 1.12 bits per heavy atom. The Bertz CT molecular complexity index is 1680. The van der Waals surface area contributed by atoms with E-state index in [4.69, 9.17) is 33.2 Å². The van der Waals surface area contributed by atoms with E-state index < -0.39 is 5.82 Å². The third kappa shape index (κ3) is 4.58. The van der Waals surface area contributed by atoms with Crippen molar-refractivity contribution in [3.05, 3.63) is 52.9 Å². The van der Waals surface area contributed by atoms with Crippen molar-refractivity contribution in [1.82, 2.24) is 30.0 Å². The second-order valence-corrected chi connectivity index (χ2v) is 11.9. The summed E-state index contributed by atoms with van der Waals surface area (Å²) in [5.41, 5.74) is 1.54. The molecule has 6 rings (SSSR count). The number of fused-ring (bicyclic) bond motifs is 2. The lowest BCUT2D eigenvalue weighted by Gasteiger charge is -2.45. The number of nitrogens with zero attached hydrogens (tertiary/aromatic N) is 7. The van der Waals surface area contributed by atoms with Crippen LogP contribution in [0.15, 0.2) is 36.9 Å². The van der Waals surface area contributed by atoms with Gasteiger partial charge in [-0.05, 0) is 46.2 Å². The Kier molecular flexibility index (Phi) is 7.04. The summed E-state index contributed by atoms with van der Waals surface area (Å²) < 4.78 is 16.7. The normalized spacial score (nSPS) is 19.9. The zero-order valence-corrected chi connectivity index (χ0v) is 24.8. The highest BCUT2D eigenvalue weighted by atomic mass is 35.5. The molecule has 0 unspecified atom stereocenters. The SMILES string of the molecule is C=CC(=O)N1C[C@H](C)N(c2nc(N3CC(N(C)C)C3)nc3c(F)c(-c4cccc5c(Cl)n[nH]c45)c(Cl)cc23)C[C@H]1C. The number of nitrogens with one attached hydrogen (secondary N) is 1. The van der Waals surface area contributed by atoms with Crippen molar-refractivity contribution in [1.29, 1.82) is 0 Å². The van der Waals surface area contributed by atoms with E-state index >= 15 is 4.39 Å². The maximum Gasteiger partial charge on any atom is 0.246 e. The number of piperazine rings is 1. The van der Waals surface area contributed by atoms with Crippen molar-refractivity contribution >= 4 is 62.7 Å². The van der Waals surface area contributed by atoms with E-state index in [1.807, 2.05) is 34.0 Å². The number of rotatable bonds is 5. The third-order valence-electron chi connectivity index (χ3n) is 8.26. The van der Waals surface area contributed by atoms with Gasteiger partial charge in [-0.3, -0.25) is 9.89 Å². The Morgan fingerprint density at radius 2 is 1.88 bits per heavy atom. The van der Waals surface area contributed by atoms with E-state index in [-0.39, 0.29) is 34.1 Å². The molecule has 1 N–H and O–H groups in total. The molecule has 0 bridgehead atoms. The summed E-state index contributed by atoms with van der Waals surface area (Å²) in [6.45, 7) is 10.1. The second-order valence-electron chi connectivity index (χ2n) is 11.1. The number of H-pyrrole nitrogens is 1. The van der Waals surface area contributed by atoms with Crippen LogP contribution < -0.4 is 9.80 Å². The summed E-state index contributed by atoms with van der Waals surface area (Å²) in [4.78, 5) is 30.4. The van der Waals surface area contributed by atoms with Crippen LogP contribution in [0.2, 0.25) is 10.2 Å². The predicted molar refractivity (Wildman–Crippen MR) is 162 cm³/mol. The fourth-order valence-corrected chi connectivity index (χ4v) is 6.28. The molecule has 1 amide bonds. The van der Waals surface area contributed by atoms with Gasteiger partial charge in [-0.1, -0.05) is 41.9 Å². The van der Waals surface area contributed by atoms with Crippen molar-refractivity contribution in [3.63, 3.8) is 0 Å². The number of aromatic amines is 1. The minimum atomic E-state index is -0.540. The third-order valence-corrected chi connectivity index (χ3v) is 8.85. The van der Waals surface area contributed by atoms with Gasteiger partial charge in [-0.2, -0.15) is 10.1 Å². The standard InChI is InChI=1S/C29H31Cl2FN8O/c1-6-22(41)39-11-16(3)40(12-15(39)2)28-20-10-21(30)23(18-8-7-9-19-25(18)35-36-27(19)31)24(32)26(20)33-29(34-28)38-13-17(14-38)37(4)5/h6-10,15-17H,1,11-14H2,2-5H3,(H,35,36)/t15-,16+/m1/s1. The lowest BCUT2D eigenvalue weighted by molar-refractivity contribution is -0.128. The molecule has 0 aliphatic carbocycles.